The molecule has 1 aliphatic rings. The van der Waals surface area contributed by atoms with Crippen molar-refractivity contribution >= 4 is 29.9 Å². The Hall–Kier alpha value is -1.61. The summed E-state index contributed by atoms with van der Waals surface area (Å²) in [5.74, 6) is 1.70. The summed E-state index contributed by atoms with van der Waals surface area (Å²) in [7, 11) is 0. The second kappa shape index (κ2) is 11.3. The highest BCUT2D eigenvalue weighted by atomic mass is 127. The molecule has 1 saturated carbocycles. The van der Waals surface area contributed by atoms with Crippen LogP contribution in [-0.2, 0) is 11.3 Å². The summed E-state index contributed by atoms with van der Waals surface area (Å²) in [6.07, 6.45) is 3.40. The highest BCUT2D eigenvalue weighted by Crippen LogP contribution is 2.41. The van der Waals surface area contributed by atoms with Crippen LogP contribution in [0.4, 0.5) is 4.39 Å². The van der Waals surface area contributed by atoms with Gasteiger partial charge in [-0.3, -0.25) is 4.99 Å². The van der Waals surface area contributed by atoms with Crippen molar-refractivity contribution in [2.75, 3.05) is 19.7 Å². The minimum atomic E-state index is -0.127. The van der Waals surface area contributed by atoms with Crippen LogP contribution in [0.1, 0.15) is 37.0 Å². The van der Waals surface area contributed by atoms with Crippen LogP contribution >= 0.6 is 24.0 Å². The lowest BCUT2D eigenvalue weighted by Gasteiger charge is -2.11. The maximum absolute atomic E-state index is 13.9. The molecule has 2 atom stereocenters. The van der Waals surface area contributed by atoms with Crippen LogP contribution in [0.3, 0.4) is 0 Å². The maximum Gasteiger partial charge on any atom is 0.191 e. The molecule has 1 aliphatic carbocycles. The molecule has 1 aromatic heterocycles. The normalized spacial score (nSPS) is 18.7. The predicted octanol–water partition coefficient (Wildman–Crippen LogP) is 4.05. The van der Waals surface area contributed by atoms with E-state index >= 15 is 0 Å². The van der Waals surface area contributed by atoms with Gasteiger partial charge in [0, 0.05) is 31.7 Å². The highest BCUT2D eigenvalue weighted by molar-refractivity contribution is 14.0. The van der Waals surface area contributed by atoms with Crippen LogP contribution in [0.5, 0.6) is 0 Å². The molecule has 148 valence electrons. The Labute approximate surface area is 176 Å². The van der Waals surface area contributed by atoms with E-state index < -0.39 is 0 Å². The van der Waals surface area contributed by atoms with Crippen LogP contribution in [0.25, 0.3) is 0 Å². The highest BCUT2D eigenvalue weighted by Gasteiger charge is 2.40. The first-order valence-electron chi connectivity index (χ1n) is 9.17. The van der Waals surface area contributed by atoms with E-state index in [0.29, 0.717) is 19.8 Å². The molecule has 3 rings (SSSR count). The van der Waals surface area contributed by atoms with Gasteiger partial charge in [-0.25, -0.2) is 4.39 Å². The lowest BCUT2D eigenvalue weighted by molar-refractivity contribution is 0.105. The lowest BCUT2D eigenvalue weighted by atomic mass is 10.1. The van der Waals surface area contributed by atoms with Crippen molar-refractivity contribution in [3.05, 3.63) is 59.8 Å². The summed E-state index contributed by atoms with van der Waals surface area (Å²) in [5, 5.41) is 6.64. The van der Waals surface area contributed by atoms with Gasteiger partial charge in [-0.05, 0) is 43.5 Å². The zero-order valence-corrected chi connectivity index (χ0v) is 17.8. The summed E-state index contributed by atoms with van der Waals surface area (Å²) in [5.41, 5.74) is 0.784. The van der Waals surface area contributed by atoms with Crippen LogP contribution in [-0.4, -0.2) is 31.7 Å². The van der Waals surface area contributed by atoms with Gasteiger partial charge in [0.15, 0.2) is 5.96 Å². The SMILES string of the molecule is CCNC(=NCCCOCc1ccco1)NC1CC1c1ccccc1F.I. The van der Waals surface area contributed by atoms with E-state index in [1.807, 2.05) is 31.2 Å². The first kappa shape index (κ1) is 21.7. The van der Waals surface area contributed by atoms with E-state index in [1.165, 1.54) is 6.07 Å². The zero-order chi connectivity index (χ0) is 18.2. The Bertz CT molecular complexity index is 709. The largest absolute Gasteiger partial charge is 0.467 e. The van der Waals surface area contributed by atoms with Gasteiger partial charge in [0.2, 0.25) is 0 Å². The van der Waals surface area contributed by atoms with E-state index in [2.05, 4.69) is 15.6 Å². The molecule has 1 fully saturated rings. The van der Waals surface area contributed by atoms with Crippen LogP contribution < -0.4 is 10.6 Å². The molecule has 2 aromatic rings. The molecule has 0 radical (unpaired) electrons. The number of nitrogens with zero attached hydrogens (tertiary/aromatic N) is 1. The summed E-state index contributed by atoms with van der Waals surface area (Å²) >= 11 is 0. The standard InChI is InChI=1S/C20H26FN3O2.HI/c1-2-22-20(23-10-6-11-25-14-15-7-5-12-26-15)24-19-13-17(19)16-8-3-4-9-18(16)21;/h3-5,7-9,12,17,19H,2,6,10-11,13-14H2,1H3,(H2,22,23,24);1H. The lowest BCUT2D eigenvalue weighted by Crippen LogP contribution is -2.39. The first-order valence-corrected chi connectivity index (χ1v) is 9.17. The minimum Gasteiger partial charge on any atom is -0.467 e. The number of hydrogen-bond acceptors (Lipinski definition) is 3. The Morgan fingerprint density at radius 2 is 2.15 bits per heavy atom. The number of rotatable bonds is 9. The molecule has 7 heteroatoms. The topological polar surface area (TPSA) is 58.8 Å². The molecule has 0 saturated heterocycles. The van der Waals surface area contributed by atoms with Crippen LogP contribution in [0, 0.1) is 5.82 Å². The fraction of sp³-hybridized carbons (Fsp3) is 0.450. The fourth-order valence-corrected chi connectivity index (χ4v) is 2.89. The number of guanidine groups is 1. The zero-order valence-electron chi connectivity index (χ0n) is 15.5. The van der Waals surface area contributed by atoms with Gasteiger partial charge in [0.05, 0.1) is 6.26 Å². The summed E-state index contributed by atoms with van der Waals surface area (Å²) in [4.78, 5) is 4.58. The number of nitrogens with one attached hydrogen (secondary N) is 2. The van der Waals surface area contributed by atoms with Crippen molar-refractivity contribution in [1.82, 2.24) is 10.6 Å². The summed E-state index contributed by atoms with van der Waals surface area (Å²) < 4.78 is 24.6. The van der Waals surface area contributed by atoms with Gasteiger partial charge in [-0.2, -0.15) is 0 Å². The molecule has 0 spiro atoms. The molecular formula is C20H27FIN3O2. The molecule has 2 unspecified atom stereocenters. The summed E-state index contributed by atoms with van der Waals surface area (Å²) in [6, 6.07) is 11.0. The van der Waals surface area contributed by atoms with Crippen LogP contribution in [0.15, 0.2) is 52.1 Å². The predicted molar refractivity (Wildman–Crippen MR) is 115 cm³/mol. The molecule has 5 nitrogen and oxygen atoms in total. The van der Waals surface area contributed by atoms with Crippen molar-refractivity contribution in [2.45, 2.75) is 38.3 Å². The smallest absolute Gasteiger partial charge is 0.191 e. The van der Waals surface area contributed by atoms with Crippen molar-refractivity contribution in [2.24, 2.45) is 4.99 Å². The van der Waals surface area contributed by atoms with Crippen molar-refractivity contribution in [3.63, 3.8) is 0 Å². The average molecular weight is 487 g/mol. The number of ether oxygens (including phenoxy) is 1. The van der Waals surface area contributed by atoms with Crippen molar-refractivity contribution in [1.29, 1.82) is 0 Å². The third-order valence-electron chi connectivity index (χ3n) is 4.30. The molecule has 27 heavy (non-hydrogen) atoms. The third kappa shape index (κ3) is 6.80. The van der Waals surface area contributed by atoms with Crippen molar-refractivity contribution < 1.29 is 13.5 Å². The minimum absolute atomic E-state index is 0. The molecule has 1 heterocycles. The average Bonchev–Trinajstić information content (AvgIpc) is 3.19. The van der Waals surface area contributed by atoms with Gasteiger partial charge >= 0.3 is 0 Å². The number of furan rings is 1. The Morgan fingerprint density at radius 3 is 2.89 bits per heavy atom. The van der Waals surface area contributed by atoms with Gasteiger partial charge in [-0.15, -0.1) is 24.0 Å². The Morgan fingerprint density at radius 1 is 1.30 bits per heavy atom. The van der Waals surface area contributed by atoms with Gasteiger partial charge in [0.1, 0.15) is 18.2 Å². The van der Waals surface area contributed by atoms with Gasteiger partial charge in [0.25, 0.3) is 0 Å². The van der Waals surface area contributed by atoms with E-state index in [0.717, 1.165) is 36.7 Å². The van der Waals surface area contributed by atoms with Gasteiger partial charge < -0.3 is 19.8 Å². The van der Waals surface area contributed by atoms with E-state index in [-0.39, 0.29) is 41.8 Å². The Balaban J connectivity index is 0.00000261. The second-order valence-electron chi connectivity index (χ2n) is 6.36. The van der Waals surface area contributed by atoms with Gasteiger partial charge in [-0.1, -0.05) is 18.2 Å². The summed E-state index contributed by atoms with van der Waals surface area (Å²) in [6.45, 7) is 4.61. The molecule has 0 aliphatic heterocycles. The van der Waals surface area contributed by atoms with Crippen molar-refractivity contribution in [3.8, 4) is 0 Å². The third-order valence-corrected chi connectivity index (χ3v) is 4.30. The molecule has 0 bridgehead atoms. The quantitative estimate of drug-likeness (QED) is 0.243. The number of benzene rings is 1. The fourth-order valence-electron chi connectivity index (χ4n) is 2.89. The number of halogens is 2. The monoisotopic (exact) mass is 487 g/mol. The maximum atomic E-state index is 13.9. The first-order chi connectivity index (χ1) is 12.8. The number of aliphatic imine (C=N–C) groups is 1. The molecular weight excluding hydrogens is 460 g/mol. The molecule has 0 amide bonds. The van der Waals surface area contributed by atoms with E-state index in [9.17, 15) is 4.39 Å². The van der Waals surface area contributed by atoms with E-state index in [4.69, 9.17) is 9.15 Å². The molecule has 2 N–H and O–H groups in total. The Kier molecular flexibility index (Phi) is 9.06. The van der Waals surface area contributed by atoms with E-state index in [1.54, 1.807) is 12.3 Å². The molecule has 1 aromatic carbocycles. The second-order valence-corrected chi connectivity index (χ2v) is 6.36. The number of hydrogen-bond donors (Lipinski definition) is 2. The van der Waals surface area contributed by atoms with Crippen LogP contribution in [0.2, 0.25) is 0 Å².